The monoisotopic (exact) mass is 238 g/mol. The second-order valence-corrected chi connectivity index (χ2v) is 4.27. The maximum absolute atomic E-state index is 12.1. The Kier molecular flexibility index (Phi) is 3.28. The maximum Gasteiger partial charge on any atom is 0.291 e. The highest BCUT2D eigenvalue weighted by molar-refractivity contribution is 5.90. The third kappa shape index (κ3) is 2.38. The van der Waals surface area contributed by atoms with E-state index in [1.165, 1.54) is 0 Å². The van der Waals surface area contributed by atoms with E-state index in [1.54, 1.807) is 4.90 Å². The fourth-order valence-electron chi connectivity index (χ4n) is 2.17. The van der Waals surface area contributed by atoms with Gasteiger partial charge in [0.1, 0.15) is 0 Å². The number of hydrogen-bond donors (Lipinski definition) is 2. The molecule has 1 aliphatic rings. The molecule has 1 aliphatic heterocycles. The minimum absolute atomic E-state index is 0.105. The van der Waals surface area contributed by atoms with E-state index in [9.17, 15) is 4.79 Å². The number of amides is 1. The summed E-state index contributed by atoms with van der Waals surface area (Å²) in [5.74, 6) is 0.199. The van der Waals surface area contributed by atoms with Crippen molar-refractivity contribution in [1.29, 1.82) is 0 Å². The molecule has 7 heteroatoms. The van der Waals surface area contributed by atoms with Crippen molar-refractivity contribution >= 4 is 11.9 Å². The lowest BCUT2D eigenvalue weighted by Crippen LogP contribution is -2.53. The fraction of sp³-hybridized carbons (Fsp3) is 0.700. The average Bonchev–Trinajstić information content (AvgIpc) is 2.75. The topological polar surface area (TPSA) is 91.1 Å². The van der Waals surface area contributed by atoms with Gasteiger partial charge < -0.3 is 10.6 Å². The molecule has 7 nitrogen and oxygen atoms in total. The summed E-state index contributed by atoms with van der Waals surface area (Å²) in [5, 5.41) is 6.22. The molecule has 3 N–H and O–H groups in total. The van der Waals surface area contributed by atoms with Gasteiger partial charge in [0.25, 0.3) is 5.91 Å². The van der Waals surface area contributed by atoms with E-state index in [2.05, 4.69) is 33.9 Å². The van der Waals surface area contributed by atoms with E-state index < -0.39 is 0 Å². The highest BCUT2D eigenvalue weighted by Crippen LogP contribution is 2.11. The van der Waals surface area contributed by atoms with Gasteiger partial charge in [0.05, 0.1) is 0 Å². The van der Waals surface area contributed by atoms with Crippen molar-refractivity contribution in [1.82, 2.24) is 25.0 Å². The lowest BCUT2D eigenvalue weighted by atomic mass is 10.2. The number of nitrogen functional groups attached to an aromatic ring is 1. The number of nitrogens with two attached hydrogens (primary N) is 1. The van der Waals surface area contributed by atoms with Gasteiger partial charge in [-0.3, -0.25) is 14.8 Å². The van der Waals surface area contributed by atoms with Crippen molar-refractivity contribution in [3.8, 4) is 0 Å². The van der Waals surface area contributed by atoms with E-state index in [0.717, 1.165) is 19.6 Å². The molecule has 0 aliphatic carbocycles. The average molecular weight is 238 g/mol. The van der Waals surface area contributed by atoms with Crippen molar-refractivity contribution in [3.63, 3.8) is 0 Å². The minimum Gasteiger partial charge on any atom is -0.366 e. The van der Waals surface area contributed by atoms with Gasteiger partial charge in [0.15, 0.2) is 0 Å². The molecule has 0 saturated carbocycles. The van der Waals surface area contributed by atoms with Crippen LogP contribution in [0.1, 0.15) is 24.5 Å². The zero-order valence-corrected chi connectivity index (χ0v) is 10.2. The summed E-state index contributed by atoms with van der Waals surface area (Å²) in [7, 11) is 0. The van der Waals surface area contributed by atoms with E-state index in [1.807, 2.05) is 0 Å². The molecule has 0 aromatic carbocycles. The molecule has 94 valence electrons. The summed E-state index contributed by atoms with van der Waals surface area (Å²) in [4.78, 5) is 20.1. The molecule has 1 fully saturated rings. The van der Waals surface area contributed by atoms with E-state index in [0.29, 0.717) is 12.6 Å². The van der Waals surface area contributed by atoms with Crippen LogP contribution in [0, 0.1) is 0 Å². The molecular formula is C10H18N6O. The predicted octanol–water partition coefficient (Wildman–Crippen LogP) is -0.447. The fourth-order valence-corrected chi connectivity index (χ4v) is 2.17. The summed E-state index contributed by atoms with van der Waals surface area (Å²) in [6.45, 7) is 7.60. The zero-order chi connectivity index (χ0) is 12.4. The molecular weight excluding hydrogens is 220 g/mol. The van der Waals surface area contributed by atoms with Gasteiger partial charge >= 0.3 is 0 Å². The molecule has 2 rings (SSSR count). The summed E-state index contributed by atoms with van der Waals surface area (Å²) in [5.41, 5.74) is 5.38. The molecule has 1 amide bonds. The third-order valence-electron chi connectivity index (χ3n) is 3.16. The van der Waals surface area contributed by atoms with Crippen LogP contribution in [-0.2, 0) is 0 Å². The van der Waals surface area contributed by atoms with Crippen LogP contribution in [0.25, 0.3) is 0 Å². The standard InChI is InChI=1S/C10H18N6O/c1-3-15-4-5-16(6-7(15)2)9(17)8-12-10(11)14-13-8/h7H,3-6H2,1-2H3,(H3,11,12,13,14). The SMILES string of the molecule is CCN1CCN(C(=O)c2nc(N)n[nH]2)CC1C. The lowest BCUT2D eigenvalue weighted by Gasteiger charge is -2.38. The van der Waals surface area contributed by atoms with E-state index in [4.69, 9.17) is 5.73 Å². The van der Waals surface area contributed by atoms with Crippen LogP contribution in [0.2, 0.25) is 0 Å². The molecule has 0 spiro atoms. The summed E-state index contributed by atoms with van der Waals surface area (Å²) in [6, 6.07) is 0.373. The Balaban J connectivity index is 2.02. The normalized spacial score (nSPS) is 21.8. The first-order valence-electron chi connectivity index (χ1n) is 5.83. The summed E-state index contributed by atoms with van der Waals surface area (Å²) in [6.07, 6.45) is 0. The van der Waals surface area contributed by atoms with Crippen LogP contribution in [0.15, 0.2) is 0 Å². The number of piperazine rings is 1. The molecule has 1 aromatic heterocycles. The number of rotatable bonds is 2. The molecule has 0 bridgehead atoms. The number of carbonyl (C=O) groups excluding carboxylic acids is 1. The van der Waals surface area contributed by atoms with Crippen LogP contribution in [0.4, 0.5) is 5.95 Å². The largest absolute Gasteiger partial charge is 0.366 e. The Morgan fingerprint density at radius 3 is 2.88 bits per heavy atom. The lowest BCUT2D eigenvalue weighted by molar-refractivity contribution is 0.0517. The van der Waals surface area contributed by atoms with Crippen molar-refractivity contribution in [2.75, 3.05) is 31.9 Å². The van der Waals surface area contributed by atoms with E-state index in [-0.39, 0.29) is 17.7 Å². The van der Waals surface area contributed by atoms with Crippen LogP contribution >= 0.6 is 0 Å². The van der Waals surface area contributed by atoms with Gasteiger partial charge in [-0.1, -0.05) is 6.92 Å². The minimum atomic E-state index is -0.128. The second-order valence-electron chi connectivity index (χ2n) is 4.27. The molecule has 0 radical (unpaired) electrons. The number of nitrogens with zero attached hydrogens (tertiary/aromatic N) is 4. The van der Waals surface area contributed by atoms with Gasteiger partial charge in [-0.25, -0.2) is 0 Å². The van der Waals surface area contributed by atoms with Gasteiger partial charge in [-0.15, -0.1) is 5.10 Å². The van der Waals surface area contributed by atoms with Crippen LogP contribution in [0.3, 0.4) is 0 Å². The molecule has 1 saturated heterocycles. The highest BCUT2D eigenvalue weighted by Gasteiger charge is 2.27. The Hall–Kier alpha value is -1.63. The first kappa shape index (κ1) is 11.8. The Labute approximate surface area is 100.0 Å². The number of likely N-dealkylation sites (N-methyl/N-ethyl adjacent to an activating group) is 1. The number of aromatic nitrogens is 3. The van der Waals surface area contributed by atoms with Gasteiger partial charge in [0, 0.05) is 25.7 Å². The number of nitrogens with one attached hydrogen (secondary N) is 1. The molecule has 1 aromatic rings. The summed E-state index contributed by atoms with van der Waals surface area (Å²) >= 11 is 0. The Morgan fingerprint density at radius 1 is 1.59 bits per heavy atom. The number of carbonyl (C=O) groups is 1. The Morgan fingerprint density at radius 2 is 2.35 bits per heavy atom. The van der Waals surface area contributed by atoms with Crippen molar-refractivity contribution in [3.05, 3.63) is 5.82 Å². The number of anilines is 1. The number of H-pyrrole nitrogens is 1. The number of hydrogen-bond acceptors (Lipinski definition) is 5. The molecule has 2 heterocycles. The van der Waals surface area contributed by atoms with Crippen molar-refractivity contribution < 1.29 is 4.79 Å². The maximum atomic E-state index is 12.1. The quantitative estimate of drug-likeness (QED) is 0.728. The molecule has 1 unspecified atom stereocenters. The molecule has 17 heavy (non-hydrogen) atoms. The highest BCUT2D eigenvalue weighted by atomic mass is 16.2. The first-order chi connectivity index (χ1) is 8.11. The first-order valence-corrected chi connectivity index (χ1v) is 5.83. The summed E-state index contributed by atoms with van der Waals surface area (Å²) < 4.78 is 0. The van der Waals surface area contributed by atoms with Gasteiger partial charge in [-0.05, 0) is 13.5 Å². The van der Waals surface area contributed by atoms with Crippen LogP contribution in [0.5, 0.6) is 0 Å². The third-order valence-corrected chi connectivity index (χ3v) is 3.16. The van der Waals surface area contributed by atoms with E-state index >= 15 is 0 Å². The second kappa shape index (κ2) is 4.70. The van der Waals surface area contributed by atoms with Crippen LogP contribution in [-0.4, -0.2) is 63.1 Å². The smallest absolute Gasteiger partial charge is 0.291 e. The zero-order valence-electron chi connectivity index (χ0n) is 10.2. The molecule has 1 atom stereocenters. The number of aromatic amines is 1. The van der Waals surface area contributed by atoms with Crippen molar-refractivity contribution in [2.24, 2.45) is 0 Å². The predicted molar refractivity (Wildman–Crippen MR) is 63.4 cm³/mol. The van der Waals surface area contributed by atoms with Crippen molar-refractivity contribution in [2.45, 2.75) is 19.9 Å². The van der Waals surface area contributed by atoms with Crippen LogP contribution < -0.4 is 5.73 Å². The Bertz CT molecular complexity index is 403. The van der Waals surface area contributed by atoms with Gasteiger partial charge in [-0.2, -0.15) is 4.98 Å². The van der Waals surface area contributed by atoms with Gasteiger partial charge in [0.2, 0.25) is 11.8 Å².